The van der Waals surface area contributed by atoms with E-state index in [1.807, 2.05) is 6.92 Å². The Hall–Kier alpha value is -1.84. The molecule has 0 aliphatic carbocycles. The highest BCUT2D eigenvalue weighted by Gasteiger charge is 2.30. The second kappa shape index (κ2) is 8.45. The molecule has 1 aromatic heterocycles. The maximum Gasteiger partial charge on any atom is 0.257 e. The Morgan fingerprint density at radius 3 is 2.67 bits per heavy atom. The molecule has 0 bridgehead atoms. The van der Waals surface area contributed by atoms with E-state index in [2.05, 4.69) is 22.4 Å². The molecule has 2 aromatic rings. The van der Waals surface area contributed by atoms with Crippen molar-refractivity contribution < 1.29 is 13.2 Å². The zero-order chi connectivity index (χ0) is 19.4. The van der Waals surface area contributed by atoms with Gasteiger partial charge in [-0.2, -0.15) is 4.31 Å². The molecular weight excluding hydrogens is 384 g/mol. The number of piperidine rings is 1. The highest BCUT2D eigenvalue weighted by Crippen LogP contribution is 2.25. The molecule has 2 heterocycles. The van der Waals surface area contributed by atoms with Gasteiger partial charge in [-0.05, 0) is 50.5 Å². The van der Waals surface area contributed by atoms with Gasteiger partial charge in [-0.15, -0.1) is 10.2 Å². The minimum absolute atomic E-state index is 0.00134. The minimum atomic E-state index is -3.53. The van der Waals surface area contributed by atoms with Crippen molar-refractivity contribution in [1.29, 1.82) is 0 Å². The molecule has 1 atom stereocenters. The van der Waals surface area contributed by atoms with Crippen LogP contribution in [0.3, 0.4) is 0 Å². The Morgan fingerprint density at radius 1 is 1.26 bits per heavy atom. The lowest BCUT2D eigenvalue weighted by atomic mass is 10.1. The summed E-state index contributed by atoms with van der Waals surface area (Å²) in [6, 6.07) is 6.05. The Bertz CT molecular complexity index is 894. The lowest BCUT2D eigenvalue weighted by Crippen LogP contribution is -2.41. The molecule has 1 amide bonds. The van der Waals surface area contributed by atoms with Gasteiger partial charge in [0.2, 0.25) is 15.2 Å². The van der Waals surface area contributed by atoms with Gasteiger partial charge in [0.25, 0.3) is 5.91 Å². The van der Waals surface area contributed by atoms with E-state index in [9.17, 15) is 13.2 Å². The number of anilines is 1. The Labute approximate surface area is 163 Å². The second-order valence-corrected chi connectivity index (χ2v) is 9.64. The molecule has 9 heteroatoms. The number of benzene rings is 1. The van der Waals surface area contributed by atoms with E-state index < -0.39 is 10.0 Å². The van der Waals surface area contributed by atoms with Crippen LogP contribution >= 0.6 is 11.3 Å². The number of aryl methyl sites for hydroxylation is 1. The molecule has 0 spiro atoms. The van der Waals surface area contributed by atoms with Crippen LogP contribution in [0, 0.1) is 0 Å². The van der Waals surface area contributed by atoms with Crippen LogP contribution in [0.2, 0.25) is 0 Å². The zero-order valence-corrected chi connectivity index (χ0v) is 17.1. The van der Waals surface area contributed by atoms with Crippen LogP contribution in [-0.4, -0.2) is 41.4 Å². The number of hydrogen-bond donors (Lipinski definition) is 1. The van der Waals surface area contributed by atoms with Crippen LogP contribution in [0.25, 0.3) is 0 Å². The van der Waals surface area contributed by atoms with Crippen LogP contribution in [0.15, 0.2) is 29.2 Å². The molecule has 1 unspecified atom stereocenters. The van der Waals surface area contributed by atoms with Gasteiger partial charge in [0, 0.05) is 24.6 Å². The standard InChI is InChI=1S/C18H24N4O3S2/c1-3-6-16-20-21-18(26-16)19-17(23)14-8-10-15(11-9-14)27(24,25)22-12-5-4-7-13(22)2/h8-11,13H,3-7,12H2,1-2H3,(H,19,21,23). The van der Waals surface area contributed by atoms with Crippen LogP contribution < -0.4 is 5.32 Å². The van der Waals surface area contributed by atoms with Crippen LogP contribution in [-0.2, 0) is 16.4 Å². The highest BCUT2D eigenvalue weighted by molar-refractivity contribution is 7.89. The molecule has 1 fully saturated rings. The summed E-state index contributed by atoms with van der Waals surface area (Å²) < 4.78 is 27.2. The number of rotatable bonds is 6. The van der Waals surface area contributed by atoms with Crippen molar-refractivity contribution >= 4 is 32.4 Å². The number of amides is 1. The molecule has 1 aromatic carbocycles. The van der Waals surface area contributed by atoms with Gasteiger partial charge in [0.1, 0.15) is 5.01 Å². The van der Waals surface area contributed by atoms with Crippen molar-refractivity contribution in [2.24, 2.45) is 0 Å². The van der Waals surface area contributed by atoms with E-state index in [-0.39, 0.29) is 16.8 Å². The van der Waals surface area contributed by atoms with Gasteiger partial charge in [0.05, 0.1) is 4.90 Å². The van der Waals surface area contributed by atoms with Gasteiger partial charge in [-0.1, -0.05) is 24.7 Å². The third kappa shape index (κ3) is 4.53. The highest BCUT2D eigenvalue weighted by atomic mass is 32.2. The summed E-state index contributed by atoms with van der Waals surface area (Å²) in [5.41, 5.74) is 0.382. The fourth-order valence-electron chi connectivity index (χ4n) is 3.13. The van der Waals surface area contributed by atoms with Crippen molar-refractivity contribution in [3.05, 3.63) is 34.8 Å². The summed E-state index contributed by atoms with van der Waals surface area (Å²) in [4.78, 5) is 12.6. The second-order valence-electron chi connectivity index (χ2n) is 6.69. The van der Waals surface area contributed by atoms with Crippen molar-refractivity contribution in [3.8, 4) is 0 Å². The van der Waals surface area contributed by atoms with E-state index in [1.54, 1.807) is 4.31 Å². The normalized spacial score (nSPS) is 18.4. The maximum absolute atomic E-state index is 12.8. The third-order valence-electron chi connectivity index (χ3n) is 4.62. The van der Waals surface area contributed by atoms with E-state index in [4.69, 9.17) is 0 Å². The minimum Gasteiger partial charge on any atom is -0.296 e. The van der Waals surface area contributed by atoms with Gasteiger partial charge < -0.3 is 0 Å². The lowest BCUT2D eigenvalue weighted by Gasteiger charge is -2.32. The molecule has 1 aliphatic heterocycles. The van der Waals surface area contributed by atoms with Crippen molar-refractivity contribution in [1.82, 2.24) is 14.5 Å². The molecule has 0 saturated carbocycles. The molecule has 1 aliphatic rings. The smallest absolute Gasteiger partial charge is 0.257 e. The molecule has 1 N–H and O–H groups in total. The van der Waals surface area contributed by atoms with E-state index in [0.29, 0.717) is 17.2 Å². The van der Waals surface area contributed by atoms with Gasteiger partial charge in [0.15, 0.2) is 0 Å². The first-order valence-electron chi connectivity index (χ1n) is 9.17. The summed E-state index contributed by atoms with van der Waals surface area (Å²) in [5, 5.41) is 12.0. The number of hydrogen-bond acceptors (Lipinski definition) is 6. The maximum atomic E-state index is 12.8. The van der Waals surface area contributed by atoms with Crippen molar-refractivity contribution in [2.75, 3.05) is 11.9 Å². The topological polar surface area (TPSA) is 92.3 Å². The lowest BCUT2D eigenvalue weighted by molar-refractivity contribution is 0.102. The Kier molecular flexibility index (Phi) is 6.23. The molecule has 146 valence electrons. The van der Waals surface area contributed by atoms with Crippen LogP contribution in [0.4, 0.5) is 5.13 Å². The number of carbonyl (C=O) groups excluding carboxylic acids is 1. The number of nitrogens with zero attached hydrogens (tertiary/aromatic N) is 3. The first-order valence-corrected chi connectivity index (χ1v) is 11.4. The van der Waals surface area contributed by atoms with Gasteiger partial charge in [-0.25, -0.2) is 8.42 Å². The predicted octanol–water partition coefficient (Wildman–Crippen LogP) is 3.31. The fraction of sp³-hybridized carbons (Fsp3) is 0.500. The zero-order valence-electron chi connectivity index (χ0n) is 15.5. The molecule has 7 nitrogen and oxygen atoms in total. The number of carbonyl (C=O) groups is 1. The summed E-state index contributed by atoms with van der Waals surface area (Å²) in [6.07, 6.45) is 4.61. The Balaban J connectivity index is 1.71. The van der Waals surface area contributed by atoms with Gasteiger partial charge >= 0.3 is 0 Å². The fourth-order valence-corrected chi connectivity index (χ4v) is 5.67. The predicted molar refractivity (Wildman–Crippen MR) is 106 cm³/mol. The van der Waals surface area contributed by atoms with E-state index in [0.717, 1.165) is 37.1 Å². The molecule has 1 saturated heterocycles. The third-order valence-corrected chi connectivity index (χ3v) is 7.54. The largest absolute Gasteiger partial charge is 0.296 e. The number of aromatic nitrogens is 2. The summed E-state index contributed by atoms with van der Waals surface area (Å²) in [7, 11) is -3.53. The van der Waals surface area contributed by atoms with Crippen LogP contribution in [0.1, 0.15) is 54.9 Å². The first kappa shape index (κ1) is 19.9. The summed E-state index contributed by atoms with van der Waals surface area (Å²) in [6.45, 7) is 4.54. The monoisotopic (exact) mass is 408 g/mol. The van der Waals surface area contributed by atoms with Crippen molar-refractivity contribution in [2.45, 2.75) is 56.9 Å². The first-order chi connectivity index (χ1) is 12.9. The van der Waals surface area contributed by atoms with Crippen molar-refractivity contribution in [3.63, 3.8) is 0 Å². The number of nitrogens with one attached hydrogen (secondary N) is 1. The Morgan fingerprint density at radius 2 is 2.00 bits per heavy atom. The molecular formula is C18H24N4O3S2. The average Bonchev–Trinajstić information content (AvgIpc) is 3.09. The SMILES string of the molecule is CCCc1nnc(NC(=O)c2ccc(S(=O)(=O)N3CCCCC3C)cc2)s1. The van der Waals surface area contributed by atoms with Crippen LogP contribution in [0.5, 0.6) is 0 Å². The summed E-state index contributed by atoms with van der Waals surface area (Å²) >= 11 is 1.35. The molecule has 0 radical (unpaired) electrons. The summed E-state index contributed by atoms with van der Waals surface area (Å²) in [5.74, 6) is -0.329. The molecule has 27 heavy (non-hydrogen) atoms. The molecule has 3 rings (SSSR count). The van der Waals surface area contributed by atoms with Gasteiger partial charge in [-0.3, -0.25) is 10.1 Å². The van der Waals surface area contributed by atoms with E-state index in [1.165, 1.54) is 35.6 Å². The quantitative estimate of drug-likeness (QED) is 0.792. The van der Waals surface area contributed by atoms with E-state index >= 15 is 0 Å². The number of sulfonamides is 1. The average molecular weight is 409 g/mol.